The molecular formula is C42H38N2. The van der Waals surface area contributed by atoms with Crippen molar-refractivity contribution in [2.24, 2.45) is 5.41 Å². The summed E-state index contributed by atoms with van der Waals surface area (Å²) >= 11 is 0. The Labute approximate surface area is 260 Å². The van der Waals surface area contributed by atoms with Gasteiger partial charge < -0.3 is 9.88 Å². The summed E-state index contributed by atoms with van der Waals surface area (Å²) in [5, 5.41) is 5.13. The van der Waals surface area contributed by atoms with E-state index in [4.69, 9.17) is 0 Å². The quantitative estimate of drug-likeness (QED) is 0.224. The lowest BCUT2D eigenvalue weighted by Gasteiger charge is -2.42. The van der Waals surface area contributed by atoms with Crippen molar-refractivity contribution >= 4 is 49.6 Å². The molecule has 1 N–H and O–H groups in total. The van der Waals surface area contributed by atoms with Crippen LogP contribution in [0.4, 0.5) is 17.1 Å². The Morgan fingerprint density at radius 3 is 2.11 bits per heavy atom. The topological polar surface area (TPSA) is 19.0 Å². The number of anilines is 3. The van der Waals surface area contributed by atoms with E-state index in [0.717, 1.165) is 6.42 Å². The molecular weight excluding hydrogens is 532 g/mol. The number of hydrogen-bond donors (Lipinski definition) is 1. The number of H-pyrrole nitrogens is 1. The van der Waals surface area contributed by atoms with Gasteiger partial charge in [-0.2, -0.15) is 0 Å². The molecule has 216 valence electrons. The number of aromatic nitrogens is 1. The van der Waals surface area contributed by atoms with E-state index in [9.17, 15) is 0 Å². The third-order valence-electron chi connectivity index (χ3n) is 9.48. The SMILES string of the molecule is CC(C)(C)Cc1ccc(N2c3ccccc3C(C)(C)c3cc(-c4ccc5[nH]c6ccc7ccccc7c6c5c4)ccc32)cc1. The van der Waals surface area contributed by atoms with Gasteiger partial charge in [-0.05, 0) is 99.0 Å². The first-order valence-corrected chi connectivity index (χ1v) is 15.7. The van der Waals surface area contributed by atoms with Crippen LogP contribution in [-0.4, -0.2) is 4.98 Å². The second-order valence-electron chi connectivity index (χ2n) is 14.2. The molecule has 0 radical (unpaired) electrons. The van der Waals surface area contributed by atoms with Crippen LogP contribution >= 0.6 is 0 Å². The van der Waals surface area contributed by atoms with Gasteiger partial charge in [0.1, 0.15) is 0 Å². The van der Waals surface area contributed by atoms with Crippen LogP contribution in [-0.2, 0) is 11.8 Å². The first-order chi connectivity index (χ1) is 21.2. The highest BCUT2D eigenvalue weighted by Crippen LogP contribution is 2.52. The molecule has 6 aromatic carbocycles. The van der Waals surface area contributed by atoms with Gasteiger partial charge in [-0.25, -0.2) is 0 Å². The summed E-state index contributed by atoms with van der Waals surface area (Å²) < 4.78 is 0. The van der Waals surface area contributed by atoms with Crippen LogP contribution in [0.25, 0.3) is 43.7 Å². The Kier molecular flexibility index (Phi) is 5.84. The molecule has 0 unspecified atom stereocenters. The summed E-state index contributed by atoms with van der Waals surface area (Å²) in [6.45, 7) is 11.6. The highest BCUT2D eigenvalue weighted by atomic mass is 15.2. The zero-order chi connectivity index (χ0) is 30.2. The first-order valence-electron chi connectivity index (χ1n) is 15.7. The van der Waals surface area contributed by atoms with Crippen molar-refractivity contribution in [2.75, 3.05) is 4.90 Å². The Hall–Kier alpha value is -4.82. The van der Waals surface area contributed by atoms with Crippen LogP contribution < -0.4 is 4.90 Å². The molecule has 0 fully saturated rings. The summed E-state index contributed by atoms with van der Waals surface area (Å²) in [6.07, 6.45) is 1.06. The number of para-hydroxylation sites is 1. The Morgan fingerprint density at radius 2 is 1.30 bits per heavy atom. The van der Waals surface area contributed by atoms with E-state index < -0.39 is 0 Å². The number of benzene rings is 6. The van der Waals surface area contributed by atoms with E-state index in [-0.39, 0.29) is 10.8 Å². The number of aromatic amines is 1. The van der Waals surface area contributed by atoms with Crippen LogP contribution in [0.1, 0.15) is 51.3 Å². The Morgan fingerprint density at radius 1 is 0.614 bits per heavy atom. The average Bonchev–Trinajstić information content (AvgIpc) is 3.40. The van der Waals surface area contributed by atoms with Crippen molar-refractivity contribution < 1.29 is 0 Å². The third kappa shape index (κ3) is 4.24. The molecule has 7 aromatic rings. The minimum absolute atomic E-state index is 0.147. The zero-order valence-electron chi connectivity index (χ0n) is 26.2. The van der Waals surface area contributed by atoms with Crippen LogP contribution in [0.3, 0.4) is 0 Å². The minimum atomic E-state index is -0.147. The molecule has 1 aliphatic rings. The van der Waals surface area contributed by atoms with E-state index in [2.05, 4.69) is 166 Å². The number of nitrogens with one attached hydrogen (secondary N) is 1. The van der Waals surface area contributed by atoms with E-state index in [1.165, 1.54) is 77.5 Å². The molecule has 1 aliphatic heterocycles. The molecule has 0 amide bonds. The van der Waals surface area contributed by atoms with Crippen molar-refractivity contribution in [1.82, 2.24) is 4.98 Å². The maximum atomic E-state index is 3.66. The molecule has 0 saturated heterocycles. The number of rotatable bonds is 3. The van der Waals surface area contributed by atoms with Gasteiger partial charge in [-0.1, -0.05) is 107 Å². The summed E-state index contributed by atoms with van der Waals surface area (Å²) in [6, 6.07) is 45.2. The van der Waals surface area contributed by atoms with Gasteiger partial charge in [0.05, 0.1) is 11.4 Å². The molecule has 0 spiro atoms. The number of hydrogen-bond acceptors (Lipinski definition) is 1. The lowest BCUT2D eigenvalue weighted by atomic mass is 9.73. The summed E-state index contributed by atoms with van der Waals surface area (Å²) in [7, 11) is 0. The third-order valence-corrected chi connectivity index (χ3v) is 9.48. The van der Waals surface area contributed by atoms with E-state index in [1.807, 2.05) is 0 Å². The molecule has 0 aliphatic carbocycles. The molecule has 44 heavy (non-hydrogen) atoms. The van der Waals surface area contributed by atoms with Gasteiger partial charge >= 0.3 is 0 Å². The molecule has 2 heteroatoms. The molecule has 8 rings (SSSR count). The van der Waals surface area contributed by atoms with E-state index in [0.29, 0.717) is 0 Å². The maximum absolute atomic E-state index is 3.66. The van der Waals surface area contributed by atoms with Crippen molar-refractivity contribution in [3.8, 4) is 11.1 Å². The molecule has 0 bridgehead atoms. The fraction of sp³-hybridized carbons (Fsp3) is 0.190. The van der Waals surface area contributed by atoms with Crippen molar-refractivity contribution in [3.05, 3.63) is 138 Å². The van der Waals surface area contributed by atoms with E-state index >= 15 is 0 Å². The largest absolute Gasteiger partial charge is 0.354 e. The van der Waals surface area contributed by atoms with Gasteiger partial charge in [-0.15, -0.1) is 0 Å². The fourth-order valence-corrected chi connectivity index (χ4v) is 7.39. The smallest absolute Gasteiger partial charge is 0.0503 e. The van der Waals surface area contributed by atoms with Crippen LogP contribution in [0.5, 0.6) is 0 Å². The second kappa shape index (κ2) is 9.59. The van der Waals surface area contributed by atoms with Crippen LogP contribution in [0, 0.1) is 5.41 Å². The van der Waals surface area contributed by atoms with Gasteiger partial charge in [0.15, 0.2) is 0 Å². The van der Waals surface area contributed by atoms with Crippen molar-refractivity contribution in [1.29, 1.82) is 0 Å². The Balaban J connectivity index is 1.28. The summed E-state index contributed by atoms with van der Waals surface area (Å²) in [5.41, 5.74) is 12.7. The predicted molar refractivity (Wildman–Crippen MR) is 189 cm³/mol. The highest BCUT2D eigenvalue weighted by Gasteiger charge is 2.37. The van der Waals surface area contributed by atoms with Gasteiger partial charge in [0, 0.05) is 32.9 Å². The average molecular weight is 571 g/mol. The monoisotopic (exact) mass is 570 g/mol. The predicted octanol–water partition coefficient (Wildman–Crippen LogP) is 11.8. The van der Waals surface area contributed by atoms with E-state index in [1.54, 1.807) is 0 Å². The fourth-order valence-electron chi connectivity index (χ4n) is 7.39. The molecule has 2 heterocycles. The van der Waals surface area contributed by atoms with Crippen LogP contribution in [0.15, 0.2) is 121 Å². The van der Waals surface area contributed by atoms with Crippen molar-refractivity contribution in [3.63, 3.8) is 0 Å². The van der Waals surface area contributed by atoms with Gasteiger partial charge in [-0.3, -0.25) is 0 Å². The summed E-state index contributed by atoms with van der Waals surface area (Å²) in [5.74, 6) is 0. The second-order valence-corrected chi connectivity index (χ2v) is 14.2. The molecule has 0 saturated carbocycles. The minimum Gasteiger partial charge on any atom is -0.354 e. The molecule has 0 atom stereocenters. The maximum Gasteiger partial charge on any atom is 0.0503 e. The highest BCUT2D eigenvalue weighted by molar-refractivity contribution is 6.20. The number of fused-ring (bicyclic) bond motifs is 7. The molecule has 1 aromatic heterocycles. The van der Waals surface area contributed by atoms with Gasteiger partial charge in [0.2, 0.25) is 0 Å². The lowest BCUT2D eigenvalue weighted by Crippen LogP contribution is -2.30. The first kappa shape index (κ1) is 26.8. The normalized spacial score (nSPS) is 14.2. The summed E-state index contributed by atoms with van der Waals surface area (Å²) in [4.78, 5) is 6.11. The molecule has 2 nitrogen and oxygen atoms in total. The Bertz CT molecular complexity index is 2210. The number of nitrogens with zero attached hydrogens (tertiary/aromatic N) is 1. The van der Waals surface area contributed by atoms with Gasteiger partial charge in [0.25, 0.3) is 0 Å². The standard InChI is InChI=1S/C42H38N2/c1-41(2,3)26-27-14-19-31(20-15-27)44-38-13-9-8-12-34(38)42(4,5)35-25-30(18-23-39(35)44)29-17-21-36-33(24-29)40-32-11-7-6-10-28(32)16-22-37(40)43-36/h6-25,43H,26H2,1-5H3. The van der Waals surface area contributed by atoms with Crippen molar-refractivity contribution in [2.45, 2.75) is 46.5 Å². The lowest BCUT2D eigenvalue weighted by molar-refractivity contribution is 0.411. The van der Waals surface area contributed by atoms with Crippen LogP contribution in [0.2, 0.25) is 0 Å². The zero-order valence-corrected chi connectivity index (χ0v) is 26.2.